The number of likely N-dealkylation sites (tertiary alicyclic amines) is 1. The molecule has 6 nitrogen and oxygen atoms in total. The van der Waals surface area contributed by atoms with Crippen LogP contribution in [0.2, 0.25) is 0 Å². The van der Waals surface area contributed by atoms with Gasteiger partial charge in [0.25, 0.3) is 7.82 Å². The van der Waals surface area contributed by atoms with E-state index in [-0.39, 0.29) is 29.6 Å². The molecule has 0 aromatic heterocycles. The standard InChI is InChI=1S/C5H9NO.Na.H3O4P/c1-6-4-2-3-5(6)7;;1-5(2,3)4/h2-4H2,1H3;;(H3,1,2,3,4)/q;+1;/p-1. The molecule has 0 spiro atoms. The van der Waals surface area contributed by atoms with E-state index in [1.165, 1.54) is 0 Å². The van der Waals surface area contributed by atoms with E-state index in [9.17, 15) is 4.79 Å². The fourth-order valence-electron chi connectivity index (χ4n) is 0.783. The van der Waals surface area contributed by atoms with Gasteiger partial charge in [0.1, 0.15) is 0 Å². The second-order valence-corrected chi connectivity index (χ2v) is 3.39. The molecule has 1 aliphatic heterocycles. The molecule has 1 saturated heterocycles. The predicted octanol–water partition coefficient (Wildman–Crippen LogP) is -4.32. The number of hydrogen-bond donors (Lipinski definition) is 2. The first-order valence-electron chi connectivity index (χ1n) is 3.31. The van der Waals surface area contributed by atoms with Gasteiger partial charge in [-0.15, -0.1) is 0 Å². The zero-order valence-electron chi connectivity index (χ0n) is 7.63. The molecular formula is C5H11NNaO5P. The topological polar surface area (TPSA) is 101 Å². The third kappa shape index (κ3) is 12.6. The Morgan fingerprint density at radius 1 is 1.54 bits per heavy atom. The van der Waals surface area contributed by atoms with Crippen LogP contribution in [0.4, 0.5) is 0 Å². The summed E-state index contributed by atoms with van der Waals surface area (Å²) in [5.74, 6) is 0.292. The van der Waals surface area contributed by atoms with Crippen LogP contribution >= 0.6 is 7.82 Å². The van der Waals surface area contributed by atoms with Gasteiger partial charge >= 0.3 is 29.6 Å². The van der Waals surface area contributed by atoms with Gasteiger partial charge in [-0.2, -0.15) is 0 Å². The average Bonchev–Trinajstić information content (AvgIpc) is 2.12. The number of amides is 1. The molecule has 0 aromatic carbocycles. The van der Waals surface area contributed by atoms with Gasteiger partial charge in [-0.25, -0.2) is 0 Å². The van der Waals surface area contributed by atoms with Crippen LogP contribution in [0.25, 0.3) is 0 Å². The quantitative estimate of drug-likeness (QED) is 0.317. The van der Waals surface area contributed by atoms with E-state index in [1.54, 1.807) is 4.90 Å². The molecule has 0 aliphatic carbocycles. The molecule has 0 bridgehead atoms. The minimum absolute atomic E-state index is 0. The van der Waals surface area contributed by atoms with E-state index in [1.807, 2.05) is 7.05 Å². The van der Waals surface area contributed by atoms with Gasteiger partial charge < -0.3 is 19.6 Å². The van der Waals surface area contributed by atoms with Crippen molar-refractivity contribution in [3.05, 3.63) is 0 Å². The molecule has 72 valence electrons. The number of carbonyl (C=O) groups excluding carboxylic acids is 1. The molecule has 2 N–H and O–H groups in total. The van der Waals surface area contributed by atoms with E-state index >= 15 is 0 Å². The van der Waals surface area contributed by atoms with Gasteiger partial charge in [-0.3, -0.25) is 9.36 Å². The Balaban J connectivity index is 0. The Morgan fingerprint density at radius 3 is 2.00 bits per heavy atom. The number of carbonyl (C=O) groups is 1. The molecule has 8 heteroatoms. The second-order valence-electron chi connectivity index (χ2n) is 2.41. The zero-order valence-corrected chi connectivity index (χ0v) is 10.5. The SMILES string of the molecule is CN1CCCC1=O.O=P([O-])(O)O.[Na+]. The van der Waals surface area contributed by atoms with E-state index in [2.05, 4.69) is 0 Å². The van der Waals surface area contributed by atoms with Crippen molar-refractivity contribution in [2.24, 2.45) is 0 Å². The van der Waals surface area contributed by atoms with Gasteiger partial charge in [0.05, 0.1) is 0 Å². The van der Waals surface area contributed by atoms with Crippen LogP contribution in [0.15, 0.2) is 0 Å². The van der Waals surface area contributed by atoms with Crippen molar-refractivity contribution in [1.29, 1.82) is 0 Å². The summed E-state index contributed by atoms with van der Waals surface area (Å²) in [5.41, 5.74) is 0. The Kier molecular flexibility index (Phi) is 8.57. The largest absolute Gasteiger partial charge is 1.00 e. The van der Waals surface area contributed by atoms with Crippen molar-refractivity contribution in [1.82, 2.24) is 4.90 Å². The average molecular weight is 219 g/mol. The smallest absolute Gasteiger partial charge is 0.756 e. The minimum Gasteiger partial charge on any atom is -0.756 e. The summed E-state index contributed by atoms with van der Waals surface area (Å²) >= 11 is 0. The maximum atomic E-state index is 10.5. The molecule has 13 heavy (non-hydrogen) atoms. The first-order chi connectivity index (χ1) is 5.30. The Morgan fingerprint density at radius 2 is 1.92 bits per heavy atom. The zero-order chi connectivity index (χ0) is 9.78. The maximum absolute atomic E-state index is 10.5. The molecule has 1 heterocycles. The Bertz CT molecular complexity index is 197. The fourth-order valence-corrected chi connectivity index (χ4v) is 0.783. The molecule has 0 unspecified atom stereocenters. The van der Waals surface area contributed by atoms with Gasteiger partial charge in [-0.05, 0) is 6.42 Å². The Hall–Kier alpha value is 0.580. The van der Waals surface area contributed by atoms with Crippen molar-refractivity contribution in [2.45, 2.75) is 12.8 Å². The van der Waals surface area contributed by atoms with Crippen molar-refractivity contribution in [3.63, 3.8) is 0 Å². The molecular weight excluding hydrogens is 208 g/mol. The molecule has 1 amide bonds. The molecule has 0 aromatic rings. The van der Waals surface area contributed by atoms with Crippen LogP contribution in [0, 0.1) is 0 Å². The van der Waals surface area contributed by atoms with Crippen LogP contribution in [-0.4, -0.2) is 34.2 Å². The summed E-state index contributed by atoms with van der Waals surface area (Å²) in [6, 6.07) is 0. The number of nitrogens with zero attached hydrogens (tertiary/aromatic N) is 1. The van der Waals surface area contributed by atoms with Crippen molar-refractivity contribution in [2.75, 3.05) is 13.6 Å². The summed E-state index contributed by atoms with van der Waals surface area (Å²) < 4.78 is 8.77. The van der Waals surface area contributed by atoms with Gasteiger partial charge in [0.2, 0.25) is 5.91 Å². The third-order valence-corrected chi connectivity index (χ3v) is 1.31. The molecule has 1 fully saturated rings. The third-order valence-electron chi connectivity index (χ3n) is 1.31. The molecule has 0 atom stereocenters. The summed E-state index contributed by atoms with van der Waals surface area (Å²) in [5, 5.41) is 0. The number of phosphoric acid groups is 1. The van der Waals surface area contributed by atoms with Crippen LogP contribution in [0.1, 0.15) is 12.8 Å². The fraction of sp³-hybridized carbons (Fsp3) is 0.800. The van der Waals surface area contributed by atoms with Crippen molar-refractivity contribution in [3.8, 4) is 0 Å². The van der Waals surface area contributed by atoms with Crippen LogP contribution in [-0.2, 0) is 9.36 Å². The van der Waals surface area contributed by atoms with Crippen LogP contribution < -0.4 is 34.5 Å². The van der Waals surface area contributed by atoms with E-state index in [4.69, 9.17) is 19.2 Å². The van der Waals surface area contributed by atoms with Crippen molar-refractivity contribution >= 4 is 13.7 Å². The summed E-state index contributed by atoms with van der Waals surface area (Å²) in [4.78, 5) is 35.2. The molecule has 1 aliphatic rings. The number of hydrogen-bond acceptors (Lipinski definition) is 3. The molecule has 0 saturated carbocycles. The Labute approximate surface area is 98.5 Å². The van der Waals surface area contributed by atoms with Gasteiger partial charge in [-0.1, -0.05) is 0 Å². The van der Waals surface area contributed by atoms with Crippen LogP contribution in [0.3, 0.4) is 0 Å². The summed E-state index contributed by atoms with van der Waals surface area (Å²) in [6.45, 7) is 0.957. The first-order valence-corrected chi connectivity index (χ1v) is 4.84. The van der Waals surface area contributed by atoms with E-state index in [0.29, 0.717) is 5.91 Å². The second kappa shape index (κ2) is 6.95. The molecule has 0 radical (unpaired) electrons. The minimum atomic E-state index is -4.89. The maximum Gasteiger partial charge on any atom is 1.00 e. The normalized spacial score (nSPS) is 16.0. The van der Waals surface area contributed by atoms with Gasteiger partial charge in [0, 0.05) is 20.0 Å². The van der Waals surface area contributed by atoms with Crippen LogP contribution in [0.5, 0.6) is 0 Å². The first kappa shape index (κ1) is 16.0. The van der Waals surface area contributed by atoms with Gasteiger partial charge in [0.15, 0.2) is 0 Å². The monoisotopic (exact) mass is 219 g/mol. The van der Waals surface area contributed by atoms with E-state index < -0.39 is 7.82 Å². The molecule has 1 rings (SSSR count). The summed E-state index contributed by atoms with van der Waals surface area (Å²) in [7, 11) is -3.05. The van der Waals surface area contributed by atoms with E-state index in [0.717, 1.165) is 19.4 Å². The predicted molar refractivity (Wildman–Crippen MR) is 38.9 cm³/mol. The number of rotatable bonds is 0. The van der Waals surface area contributed by atoms with Crippen molar-refractivity contribution < 1.29 is 53.6 Å². The summed E-state index contributed by atoms with van der Waals surface area (Å²) in [6.07, 6.45) is 1.81.